The molecule has 4 aromatic rings. The van der Waals surface area contributed by atoms with Gasteiger partial charge in [0, 0.05) is 51.3 Å². The van der Waals surface area contributed by atoms with Crippen LogP contribution in [0.15, 0.2) is 67.0 Å². The van der Waals surface area contributed by atoms with Crippen molar-refractivity contribution in [3.05, 3.63) is 89.6 Å². The SMILES string of the molecule is COC1CN(Cc2ccc(Cc3nccc(Nc4ccnc(-c5cccc(C)n5)n4)n3)cc2)C1. The third kappa shape index (κ3) is 5.41. The van der Waals surface area contributed by atoms with Gasteiger partial charge in [-0.25, -0.2) is 24.9 Å². The molecule has 34 heavy (non-hydrogen) atoms. The Morgan fingerprint density at radius 3 is 2.38 bits per heavy atom. The molecule has 0 atom stereocenters. The monoisotopic (exact) mass is 453 g/mol. The predicted molar refractivity (Wildman–Crippen MR) is 131 cm³/mol. The lowest BCUT2D eigenvalue weighted by Crippen LogP contribution is -2.50. The molecule has 0 radical (unpaired) electrons. The number of pyridine rings is 1. The highest BCUT2D eigenvalue weighted by molar-refractivity contribution is 5.56. The molecular weight excluding hydrogens is 426 g/mol. The van der Waals surface area contributed by atoms with Crippen LogP contribution in [0, 0.1) is 6.92 Å². The van der Waals surface area contributed by atoms with E-state index in [-0.39, 0.29) is 0 Å². The second kappa shape index (κ2) is 10.0. The fourth-order valence-electron chi connectivity index (χ4n) is 3.91. The molecule has 0 saturated carbocycles. The molecule has 1 N–H and O–H groups in total. The number of methoxy groups -OCH3 is 1. The Morgan fingerprint density at radius 1 is 0.882 bits per heavy atom. The zero-order valence-electron chi connectivity index (χ0n) is 19.3. The van der Waals surface area contributed by atoms with E-state index >= 15 is 0 Å². The van der Waals surface area contributed by atoms with Gasteiger partial charge in [0.15, 0.2) is 5.82 Å². The molecule has 1 saturated heterocycles. The van der Waals surface area contributed by atoms with Gasteiger partial charge in [0.1, 0.15) is 23.2 Å². The summed E-state index contributed by atoms with van der Waals surface area (Å²) in [6.07, 6.45) is 4.52. The number of hydrogen-bond acceptors (Lipinski definition) is 8. The van der Waals surface area contributed by atoms with Crippen molar-refractivity contribution in [2.45, 2.75) is 26.0 Å². The van der Waals surface area contributed by atoms with Gasteiger partial charge in [-0.1, -0.05) is 30.3 Å². The first-order valence-electron chi connectivity index (χ1n) is 11.3. The number of hydrogen-bond donors (Lipinski definition) is 1. The number of nitrogens with one attached hydrogen (secondary N) is 1. The topological polar surface area (TPSA) is 89.0 Å². The third-order valence-corrected chi connectivity index (χ3v) is 5.78. The van der Waals surface area contributed by atoms with Crippen LogP contribution in [0.3, 0.4) is 0 Å². The first kappa shape index (κ1) is 22.1. The molecular formula is C26H27N7O. The maximum atomic E-state index is 5.35. The first-order chi connectivity index (χ1) is 16.6. The molecule has 0 aliphatic carbocycles. The lowest BCUT2D eigenvalue weighted by Gasteiger charge is -2.38. The molecule has 3 aromatic heterocycles. The average molecular weight is 454 g/mol. The number of aryl methyl sites for hydroxylation is 1. The van der Waals surface area contributed by atoms with Crippen LogP contribution < -0.4 is 5.32 Å². The van der Waals surface area contributed by atoms with Crippen molar-refractivity contribution in [3.8, 4) is 11.5 Å². The van der Waals surface area contributed by atoms with Crippen molar-refractivity contribution in [1.29, 1.82) is 0 Å². The highest BCUT2D eigenvalue weighted by Gasteiger charge is 2.25. The fourth-order valence-corrected chi connectivity index (χ4v) is 3.91. The van der Waals surface area contributed by atoms with Gasteiger partial charge in [-0.2, -0.15) is 0 Å². The fraction of sp³-hybridized carbons (Fsp3) is 0.269. The summed E-state index contributed by atoms with van der Waals surface area (Å²) in [5.41, 5.74) is 4.14. The number of ether oxygens (including phenoxy) is 1. The molecule has 4 heterocycles. The Labute approximate surface area is 199 Å². The lowest BCUT2D eigenvalue weighted by atomic mass is 10.1. The van der Waals surface area contributed by atoms with Gasteiger partial charge >= 0.3 is 0 Å². The number of benzene rings is 1. The minimum Gasteiger partial charge on any atom is -0.379 e. The van der Waals surface area contributed by atoms with Crippen molar-refractivity contribution in [2.75, 3.05) is 25.5 Å². The van der Waals surface area contributed by atoms with Crippen molar-refractivity contribution >= 4 is 11.6 Å². The van der Waals surface area contributed by atoms with E-state index in [0.29, 0.717) is 30.0 Å². The van der Waals surface area contributed by atoms with Crippen LogP contribution in [-0.2, 0) is 17.7 Å². The van der Waals surface area contributed by atoms with E-state index in [1.165, 1.54) is 11.1 Å². The Balaban J connectivity index is 1.22. The average Bonchev–Trinajstić information content (AvgIpc) is 2.83. The zero-order valence-corrected chi connectivity index (χ0v) is 19.3. The summed E-state index contributed by atoms with van der Waals surface area (Å²) < 4.78 is 5.35. The van der Waals surface area contributed by atoms with Crippen molar-refractivity contribution < 1.29 is 4.74 Å². The number of likely N-dealkylation sites (tertiary alicyclic amines) is 1. The van der Waals surface area contributed by atoms with Crippen LogP contribution in [0.2, 0.25) is 0 Å². The molecule has 0 spiro atoms. The van der Waals surface area contributed by atoms with Gasteiger partial charge < -0.3 is 10.1 Å². The maximum absolute atomic E-state index is 5.35. The Hall–Kier alpha value is -3.75. The Kier molecular flexibility index (Phi) is 6.51. The van der Waals surface area contributed by atoms with Crippen LogP contribution in [0.25, 0.3) is 11.5 Å². The number of rotatable bonds is 8. The third-order valence-electron chi connectivity index (χ3n) is 5.78. The first-order valence-corrected chi connectivity index (χ1v) is 11.3. The molecule has 5 rings (SSSR count). The van der Waals surface area contributed by atoms with Gasteiger partial charge in [-0.05, 0) is 42.3 Å². The minimum atomic E-state index is 0.380. The van der Waals surface area contributed by atoms with Gasteiger partial charge in [-0.15, -0.1) is 0 Å². The van der Waals surface area contributed by atoms with Gasteiger partial charge in [0.2, 0.25) is 0 Å². The summed E-state index contributed by atoms with van der Waals surface area (Å²) in [6.45, 7) is 4.91. The van der Waals surface area contributed by atoms with Crippen LogP contribution in [0.4, 0.5) is 11.6 Å². The molecule has 172 valence electrons. The summed E-state index contributed by atoms with van der Waals surface area (Å²) in [5, 5.41) is 3.26. The molecule has 1 aromatic carbocycles. The molecule has 8 heteroatoms. The summed E-state index contributed by atoms with van der Waals surface area (Å²) in [7, 11) is 1.77. The molecule has 8 nitrogen and oxygen atoms in total. The predicted octanol–water partition coefficient (Wildman–Crippen LogP) is 3.80. The normalized spacial score (nSPS) is 14.1. The number of aromatic nitrogens is 5. The van der Waals surface area contributed by atoms with Crippen molar-refractivity contribution in [3.63, 3.8) is 0 Å². The Bertz CT molecular complexity index is 1260. The molecule has 1 aliphatic heterocycles. The molecule has 1 aliphatic rings. The summed E-state index contributed by atoms with van der Waals surface area (Å²) in [5.74, 6) is 2.66. The minimum absolute atomic E-state index is 0.380. The van der Waals surface area contributed by atoms with E-state index in [4.69, 9.17) is 4.74 Å². The standard InChI is InChI=1S/C26H27N7O/c1-18-4-3-5-22(29-18)26-28-13-11-24(32-26)30-23-10-12-27-25(31-23)14-19-6-8-20(9-7-19)15-33-16-21(17-33)34-2/h3-13,21H,14-17H2,1-2H3,(H,27,28,30,31,32). The van der Waals surface area contributed by atoms with Gasteiger partial charge in [0.05, 0.1) is 6.10 Å². The second-order valence-electron chi connectivity index (χ2n) is 8.46. The van der Waals surface area contributed by atoms with Gasteiger partial charge in [-0.3, -0.25) is 4.90 Å². The van der Waals surface area contributed by atoms with Crippen molar-refractivity contribution in [1.82, 2.24) is 29.8 Å². The molecule has 0 unspecified atom stereocenters. The largest absolute Gasteiger partial charge is 0.379 e. The summed E-state index contributed by atoms with van der Waals surface area (Å²) >= 11 is 0. The highest BCUT2D eigenvalue weighted by Crippen LogP contribution is 2.19. The van der Waals surface area contributed by atoms with Crippen LogP contribution in [0.1, 0.15) is 22.6 Å². The Morgan fingerprint density at radius 2 is 1.62 bits per heavy atom. The summed E-state index contributed by atoms with van der Waals surface area (Å²) in [6, 6.07) is 18.1. The van der Waals surface area contributed by atoms with E-state index in [1.54, 1.807) is 19.5 Å². The van der Waals surface area contributed by atoms with Crippen LogP contribution in [-0.4, -0.2) is 56.1 Å². The van der Waals surface area contributed by atoms with E-state index < -0.39 is 0 Å². The van der Waals surface area contributed by atoms with Crippen molar-refractivity contribution in [2.24, 2.45) is 0 Å². The highest BCUT2D eigenvalue weighted by atomic mass is 16.5. The maximum Gasteiger partial charge on any atom is 0.180 e. The van der Waals surface area contributed by atoms with E-state index in [1.807, 2.05) is 37.3 Å². The lowest BCUT2D eigenvalue weighted by molar-refractivity contribution is -0.0333. The zero-order chi connectivity index (χ0) is 23.3. The quantitative estimate of drug-likeness (QED) is 0.431. The van der Waals surface area contributed by atoms with Crippen LogP contribution >= 0.6 is 0 Å². The smallest absolute Gasteiger partial charge is 0.180 e. The van der Waals surface area contributed by atoms with E-state index in [9.17, 15) is 0 Å². The molecule has 0 amide bonds. The van der Waals surface area contributed by atoms with Gasteiger partial charge in [0.25, 0.3) is 0 Å². The van der Waals surface area contributed by atoms with E-state index in [0.717, 1.165) is 36.8 Å². The van der Waals surface area contributed by atoms with E-state index in [2.05, 4.69) is 59.4 Å². The second-order valence-corrected chi connectivity index (χ2v) is 8.46. The molecule has 1 fully saturated rings. The number of nitrogens with zero attached hydrogens (tertiary/aromatic N) is 6. The number of anilines is 2. The molecule has 0 bridgehead atoms. The summed E-state index contributed by atoms with van der Waals surface area (Å²) in [4.78, 5) is 24.9. The van der Waals surface area contributed by atoms with Crippen LogP contribution in [0.5, 0.6) is 0 Å².